The SMILES string of the molecule is O=C1CCC(C(=O)NCc2ccncn2)=NN1. The molecule has 7 heteroatoms. The van der Waals surface area contributed by atoms with E-state index >= 15 is 0 Å². The predicted molar refractivity (Wildman–Crippen MR) is 58.7 cm³/mol. The number of carbonyl (C=O) groups is 2. The van der Waals surface area contributed by atoms with Gasteiger partial charge in [0.2, 0.25) is 5.91 Å². The summed E-state index contributed by atoms with van der Waals surface area (Å²) in [5.74, 6) is -0.457. The number of carbonyl (C=O) groups excluding carboxylic acids is 2. The van der Waals surface area contributed by atoms with E-state index in [-0.39, 0.29) is 11.8 Å². The van der Waals surface area contributed by atoms with Crippen LogP contribution in [0.5, 0.6) is 0 Å². The van der Waals surface area contributed by atoms with Crippen LogP contribution >= 0.6 is 0 Å². The first-order valence-electron chi connectivity index (χ1n) is 5.14. The van der Waals surface area contributed by atoms with Crippen LogP contribution in [0, 0.1) is 0 Å². The molecule has 0 bridgehead atoms. The van der Waals surface area contributed by atoms with Gasteiger partial charge in [-0.25, -0.2) is 15.4 Å². The Labute approximate surface area is 97.3 Å². The van der Waals surface area contributed by atoms with Crippen LogP contribution in [0.4, 0.5) is 0 Å². The third-order valence-electron chi connectivity index (χ3n) is 2.24. The van der Waals surface area contributed by atoms with Gasteiger partial charge in [0.05, 0.1) is 12.2 Å². The summed E-state index contributed by atoms with van der Waals surface area (Å²) < 4.78 is 0. The third-order valence-corrected chi connectivity index (χ3v) is 2.24. The van der Waals surface area contributed by atoms with Crippen molar-refractivity contribution in [1.29, 1.82) is 0 Å². The van der Waals surface area contributed by atoms with Crippen LogP contribution in [0.15, 0.2) is 23.7 Å². The third kappa shape index (κ3) is 3.07. The molecule has 1 aromatic rings. The van der Waals surface area contributed by atoms with Crippen molar-refractivity contribution in [2.75, 3.05) is 0 Å². The fourth-order valence-electron chi connectivity index (χ4n) is 1.33. The van der Waals surface area contributed by atoms with Crippen LogP contribution in [-0.2, 0) is 16.1 Å². The molecular weight excluding hydrogens is 222 g/mol. The number of amides is 2. The van der Waals surface area contributed by atoms with E-state index < -0.39 is 0 Å². The number of hydrazone groups is 1. The van der Waals surface area contributed by atoms with Gasteiger partial charge in [-0.3, -0.25) is 9.59 Å². The van der Waals surface area contributed by atoms with Crippen molar-refractivity contribution >= 4 is 17.5 Å². The maximum absolute atomic E-state index is 11.6. The minimum absolute atomic E-state index is 0.169. The summed E-state index contributed by atoms with van der Waals surface area (Å²) in [6, 6.07) is 1.71. The summed E-state index contributed by atoms with van der Waals surface area (Å²) in [5, 5.41) is 6.37. The average Bonchev–Trinajstić information content (AvgIpc) is 2.38. The second-order valence-corrected chi connectivity index (χ2v) is 3.48. The molecule has 1 aliphatic rings. The second-order valence-electron chi connectivity index (χ2n) is 3.48. The highest BCUT2D eigenvalue weighted by Gasteiger charge is 2.17. The highest BCUT2D eigenvalue weighted by molar-refractivity contribution is 6.39. The molecule has 1 aliphatic heterocycles. The van der Waals surface area contributed by atoms with Crippen molar-refractivity contribution in [1.82, 2.24) is 20.7 Å². The zero-order valence-corrected chi connectivity index (χ0v) is 9.01. The Kier molecular flexibility index (Phi) is 3.39. The van der Waals surface area contributed by atoms with Crippen molar-refractivity contribution in [2.24, 2.45) is 5.10 Å². The van der Waals surface area contributed by atoms with Gasteiger partial charge in [0.25, 0.3) is 5.91 Å². The van der Waals surface area contributed by atoms with Crippen LogP contribution in [-0.4, -0.2) is 27.5 Å². The number of nitrogens with one attached hydrogen (secondary N) is 2. The minimum Gasteiger partial charge on any atom is -0.345 e. The average molecular weight is 233 g/mol. The van der Waals surface area contributed by atoms with Gasteiger partial charge in [0.1, 0.15) is 12.0 Å². The number of aromatic nitrogens is 2. The van der Waals surface area contributed by atoms with E-state index in [0.29, 0.717) is 30.8 Å². The molecule has 2 N–H and O–H groups in total. The zero-order chi connectivity index (χ0) is 12.1. The van der Waals surface area contributed by atoms with Gasteiger partial charge >= 0.3 is 0 Å². The first-order chi connectivity index (χ1) is 8.25. The van der Waals surface area contributed by atoms with E-state index in [1.54, 1.807) is 12.3 Å². The Balaban J connectivity index is 1.88. The molecule has 0 aromatic carbocycles. The molecule has 0 radical (unpaired) electrons. The second kappa shape index (κ2) is 5.15. The Morgan fingerprint density at radius 3 is 3.00 bits per heavy atom. The molecule has 0 fully saturated rings. The largest absolute Gasteiger partial charge is 0.345 e. The normalized spacial score (nSPS) is 14.8. The molecule has 7 nitrogen and oxygen atoms in total. The van der Waals surface area contributed by atoms with Crippen molar-refractivity contribution < 1.29 is 9.59 Å². The number of hydrogen-bond acceptors (Lipinski definition) is 5. The summed E-state index contributed by atoms with van der Waals surface area (Å²) in [6.07, 6.45) is 3.67. The molecule has 17 heavy (non-hydrogen) atoms. The first kappa shape index (κ1) is 11.2. The van der Waals surface area contributed by atoms with Crippen LogP contribution < -0.4 is 10.7 Å². The van der Waals surface area contributed by atoms with Crippen LogP contribution in [0.1, 0.15) is 18.5 Å². The molecule has 0 saturated carbocycles. The minimum atomic E-state index is -0.288. The number of nitrogens with zero attached hydrogens (tertiary/aromatic N) is 3. The fourth-order valence-corrected chi connectivity index (χ4v) is 1.33. The quantitative estimate of drug-likeness (QED) is 0.725. The number of hydrogen-bond donors (Lipinski definition) is 2. The van der Waals surface area contributed by atoms with Crippen LogP contribution in [0.25, 0.3) is 0 Å². The van der Waals surface area contributed by atoms with Gasteiger partial charge < -0.3 is 5.32 Å². The van der Waals surface area contributed by atoms with Gasteiger partial charge in [-0.15, -0.1) is 0 Å². The van der Waals surface area contributed by atoms with Crippen molar-refractivity contribution in [3.63, 3.8) is 0 Å². The van der Waals surface area contributed by atoms with Gasteiger partial charge in [0.15, 0.2) is 0 Å². The number of rotatable bonds is 3. The lowest BCUT2D eigenvalue weighted by Gasteiger charge is -2.11. The molecule has 2 rings (SSSR count). The summed E-state index contributed by atoms with van der Waals surface area (Å²) in [4.78, 5) is 30.2. The molecule has 1 aromatic heterocycles. The highest BCUT2D eigenvalue weighted by atomic mass is 16.2. The lowest BCUT2D eigenvalue weighted by atomic mass is 10.1. The Morgan fingerprint density at radius 2 is 2.35 bits per heavy atom. The van der Waals surface area contributed by atoms with Crippen molar-refractivity contribution in [3.05, 3.63) is 24.3 Å². The van der Waals surface area contributed by atoms with Gasteiger partial charge in [-0.05, 0) is 6.07 Å². The fraction of sp³-hybridized carbons (Fsp3) is 0.300. The molecule has 88 valence electrons. The lowest BCUT2D eigenvalue weighted by Crippen LogP contribution is -2.36. The smallest absolute Gasteiger partial charge is 0.267 e. The predicted octanol–water partition coefficient (Wildman–Crippen LogP) is -0.641. The van der Waals surface area contributed by atoms with Crippen molar-refractivity contribution in [2.45, 2.75) is 19.4 Å². The summed E-state index contributed by atoms with van der Waals surface area (Å²) in [6.45, 7) is 0.314. The van der Waals surface area contributed by atoms with Gasteiger partial charge in [0, 0.05) is 19.0 Å². The van der Waals surface area contributed by atoms with E-state index in [9.17, 15) is 9.59 Å². The van der Waals surface area contributed by atoms with Crippen molar-refractivity contribution in [3.8, 4) is 0 Å². The molecule has 0 saturated heterocycles. The van der Waals surface area contributed by atoms with E-state index in [4.69, 9.17) is 0 Å². The van der Waals surface area contributed by atoms with E-state index in [1.165, 1.54) is 6.33 Å². The van der Waals surface area contributed by atoms with Gasteiger partial charge in [-0.1, -0.05) is 0 Å². The Bertz CT molecular complexity index is 457. The molecule has 0 spiro atoms. The topological polar surface area (TPSA) is 96.3 Å². The molecule has 0 atom stereocenters. The zero-order valence-electron chi connectivity index (χ0n) is 9.01. The standard InChI is InChI=1S/C10H11N5O2/c16-9-2-1-8(14-15-9)10(17)12-5-7-3-4-11-6-13-7/h3-4,6H,1-2,5H2,(H,12,17)(H,15,16). The van der Waals surface area contributed by atoms with E-state index in [1.807, 2.05) is 0 Å². The molecule has 2 amide bonds. The summed E-state index contributed by atoms with van der Waals surface area (Å²) in [7, 11) is 0. The molecule has 2 heterocycles. The highest BCUT2D eigenvalue weighted by Crippen LogP contribution is 2.00. The monoisotopic (exact) mass is 233 g/mol. The Hall–Kier alpha value is -2.31. The maximum Gasteiger partial charge on any atom is 0.267 e. The molecule has 0 aliphatic carbocycles. The Morgan fingerprint density at radius 1 is 1.47 bits per heavy atom. The summed E-state index contributed by atoms with van der Waals surface area (Å²) in [5.41, 5.74) is 3.32. The van der Waals surface area contributed by atoms with E-state index in [2.05, 4.69) is 25.8 Å². The maximum atomic E-state index is 11.6. The van der Waals surface area contributed by atoms with E-state index in [0.717, 1.165) is 0 Å². The van der Waals surface area contributed by atoms with Gasteiger partial charge in [-0.2, -0.15) is 5.10 Å². The lowest BCUT2D eigenvalue weighted by molar-refractivity contribution is -0.121. The first-order valence-corrected chi connectivity index (χ1v) is 5.14. The summed E-state index contributed by atoms with van der Waals surface area (Å²) >= 11 is 0. The van der Waals surface area contributed by atoms with Crippen LogP contribution in [0.2, 0.25) is 0 Å². The molecular formula is C10H11N5O2. The molecule has 0 unspecified atom stereocenters. The van der Waals surface area contributed by atoms with Crippen LogP contribution in [0.3, 0.4) is 0 Å².